The number of hydrogen-bond donors (Lipinski definition) is 2. The largest absolute Gasteiger partial charge is 0.493 e. The molecule has 0 aliphatic carbocycles. The normalized spacial score (nSPS) is 12.0. The van der Waals surface area contributed by atoms with Crippen LogP contribution in [0.5, 0.6) is 17.2 Å². The van der Waals surface area contributed by atoms with E-state index in [0.29, 0.717) is 30.2 Å². The first-order valence-electron chi connectivity index (χ1n) is 9.99. The molecule has 3 rings (SSSR count). The fraction of sp³-hybridized carbons (Fsp3) is 0.240. The number of ether oxygens (including phenoxy) is 3. The molecular weight excluding hydrogens is 394 g/mol. The molecule has 2 N–H and O–H groups in total. The highest BCUT2D eigenvalue weighted by molar-refractivity contribution is 5.92. The second kappa shape index (κ2) is 10.5. The summed E-state index contributed by atoms with van der Waals surface area (Å²) in [6.45, 7) is 0.350. The molecule has 0 aromatic heterocycles. The van der Waals surface area contributed by atoms with Crippen molar-refractivity contribution < 1.29 is 24.1 Å². The number of hydrogen-bond acceptors (Lipinski definition) is 5. The van der Waals surface area contributed by atoms with Crippen LogP contribution in [-0.4, -0.2) is 38.9 Å². The van der Waals surface area contributed by atoms with E-state index in [2.05, 4.69) is 5.32 Å². The number of carbonyl (C=O) groups excluding carboxylic acids is 1. The minimum Gasteiger partial charge on any atom is -0.493 e. The number of amides is 1. The lowest BCUT2D eigenvalue weighted by molar-refractivity contribution is -0.116. The Balaban J connectivity index is 1.59. The van der Waals surface area contributed by atoms with Gasteiger partial charge in [-0.2, -0.15) is 0 Å². The topological polar surface area (TPSA) is 77.0 Å². The fourth-order valence-electron chi connectivity index (χ4n) is 3.46. The number of benzene rings is 3. The number of fused-ring (bicyclic) bond motifs is 1. The molecule has 0 spiro atoms. The molecule has 0 saturated heterocycles. The van der Waals surface area contributed by atoms with Crippen molar-refractivity contribution in [1.82, 2.24) is 5.32 Å². The van der Waals surface area contributed by atoms with Gasteiger partial charge in [0.05, 0.1) is 27.4 Å². The highest BCUT2D eigenvalue weighted by atomic mass is 16.5. The summed E-state index contributed by atoms with van der Waals surface area (Å²) in [5.74, 6) is 1.27. The molecule has 1 unspecified atom stereocenters. The van der Waals surface area contributed by atoms with Crippen LogP contribution in [0, 0.1) is 0 Å². The molecule has 162 valence electrons. The van der Waals surface area contributed by atoms with Gasteiger partial charge in [0.2, 0.25) is 11.7 Å². The van der Waals surface area contributed by atoms with E-state index in [9.17, 15) is 9.90 Å². The van der Waals surface area contributed by atoms with Gasteiger partial charge in [-0.15, -0.1) is 0 Å². The lowest BCUT2D eigenvalue weighted by Crippen LogP contribution is -2.23. The first-order valence-corrected chi connectivity index (χ1v) is 9.99. The average molecular weight is 421 g/mol. The van der Waals surface area contributed by atoms with Gasteiger partial charge in [0.25, 0.3) is 0 Å². The third kappa shape index (κ3) is 5.35. The zero-order valence-electron chi connectivity index (χ0n) is 17.9. The van der Waals surface area contributed by atoms with Gasteiger partial charge in [-0.1, -0.05) is 42.5 Å². The Morgan fingerprint density at radius 1 is 1.00 bits per heavy atom. The Bertz CT molecular complexity index is 1050. The maximum absolute atomic E-state index is 12.2. The number of aliphatic hydroxyl groups excluding tert-OH is 1. The molecule has 0 radical (unpaired) electrons. The lowest BCUT2D eigenvalue weighted by Gasteiger charge is -2.14. The van der Waals surface area contributed by atoms with Crippen molar-refractivity contribution >= 4 is 22.8 Å². The van der Waals surface area contributed by atoms with E-state index in [4.69, 9.17) is 14.2 Å². The van der Waals surface area contributed by atoms with Gasteiger partial charge >= 0.3 is 0 Å². The van der Waals surface area contributed by atoms with Gasteiger partial charge in [0.15, 0.2) is 11.5 Å². The van der Waals surface area contributed by atoms with E-state index in [-0.39, 0.29) is 5.91 Å². The molecule has 6 heteroatoms. The molecule has 0 saturated carbocycles. The maximum Gasteiger partial charge on any atom is 0.244 e. The summed E-state index contributed by atoms with van der Waals surface area (Å²) in [6.07, 6.45) is 2.86. The minimum atomic E-state index is -0.662. The van der Waals surface area contributed by atoms with E-state index in [1.54, 1.807) is 32.4 Å². The number of carbonyl (C=O) groups is 1. The van der Waals surface area contributed by atoms with Gasteiger partial charge in [0.1, 0.15) is 0 Å². The summed E-state index contributed by atoms with van der Waals surface area (Å²) < 4.78 is 15.9. The smallest absolute Gasteiger partial charge is 0.244 e. The summed E-state index contributed by atoms with van der Waals surface area (Å²) in [6, 6.07) is 17.3. The number of rotatable bonds is 9. The third-order valence-corrected chi connectivity index (χ3v) is 5.01. The summed E-state index contributed by atoms with van der Waals surface area (Å²) in [4.78, 5) is 12.2. The van der Waals surface area contributed by atoms with Crippen molar-refractivity contribution in [2.75, 3.05) is 27.9 Å². The minimum absolute atomic E-state index is 0.251. The molecule has 3 aromatic rings. The van der Waals surface area contributed by atoms with Crippen LogP contribution in [0.15, 0.2) is 60.7 Å². The Morgan fingerprint density at radius 3 is 2.35 bits per heavy atom. The van der Waals surface area contributed by atoms with Crippen molar-refractivity contribution in [2.45, 2.75) is 12.5 Å². The highest BCUT2D eigenvalue weighted by Crippen LogP contribution is 2.38. The van der Waals surface area contributed by atoms with Crippen LogP contribution in [-0.2, 0) is 4.79 Å². The van der Waals surface area contributed by atoms with Gasteiger partial charge in [-0.25, -0.2) is 0 Å². The summed E-state index contributed by atoms with van der Waals surface area (Å²) in [5.41, 5.74) is 1.60. The first kappa shape index (κ1) is 22.2. The molecule has 0 heterocycles. The molecule has 0 aliphatic heterocycles. The zero-order chi connectivity index (χ0) is 22.2. The van der Waals surface area contributed by atoms with Crippen LogP contribution in [0.4, 0.5) is 0 Å². The second-order valence-corrected chi connectivity index (χ2v) is 6.96. The van der Waals surface area contributed by atoms with Crippen molar-refractivity contribution in [3.63, 3.8) is 0 Å². The lowest BCUT2D eigenvalue weighted by atomic mass is 9.99. The highest BCUT2D eigenvalue weighted by Gasteiger charge is 2.13. The molecule has 6 nitrogen and oxygen atoms in total. The van der Waals surface area contributed by atoms with E-state index in [1.807, 2.05) is 42.5 Å². The van der Waals surface area contributed by atoms with Crippen molar-refractivity contribution in [2.24, 2.45) is 0 Å². The Hall–Kier alpha value is -3.51. The third-order valence-electron chi connectivity index (χ3n) is 5.01. The van der Waals surface area contributed by atoms with E-state index in [0.717, 1.165) is 21.9 Å². The summed E-state index contributed by atoms with van der Waals surface area (Å²) >= 11 is 0. The summed E-state index contributed by atoms with van der Waals surface area (Å²) in [7, 11) is 4.62. The number of aliphatic hydroxyl groups is 1. The Kier molecular flexibility index (Phi) is 7.51. The number of nitrogens with one attached hydrogen (secondary N) is 1. The zero-order valence-corrected chi connectivity index (χ0v) is 17.9. The van der Waals surface area contributed by atoms with Gasteiger partial charge < -0.3 is 24.6 Å². The SMILES string of the molecule is COc1cc(/C=C/C(=O)NCCC(O)c2cccc3ccccc23)cc(OC)c1OC. The molecule has 0 aliphatic rings. The molecule has 0 bridgehead atoms. The van der Waals surface area contributed by atoms with Crippen LogP contribution < -0.4 is 19.5 Å². The monoisotopic (exact) mass is 421 g/mol. The predicted molar refractivity (Wildman–Crippen MR) is 122 cm³/mol. The Morgan fingerprint density at radius 2 is 1.68 bits per heavy atom. The van der Waals surface area contributed by atoms with Crippen LogP contribution in [0.2, 0.25) is 0 Å². The van der Waals surface area contributed by atoms with Gasteiger partial charge in [-0.3, -0.25) is 4.79 Å². The van der Waals surface area contributed by atoms with Crippen LogP contribution in [0.25, 0.3) is 16.8 Å². The molecular formula is C25H27NO5. The van der Waals surface area contributed by atoms with E-state index < -0.39 is 6.10 Å². The van der Waals surface area contributed by atoms with Crippen LogP contribution in [0.3, 0.4) is 0 Å². The maximum atomic E-state index is 12.2. The number of methoxy groups -OCH3 is 3. The van der Waals surface area contributed by atoms with Crippen molar-refractivity contribution in [3.05, 3.63) is 71.8 Å². The molecule has 31 heavy (non-hydrogen) atoms. The van der Waals surface area contributed by atoms with Crippen LogP contribution >= 0.6 is 0 Å². The van der Waals surface area contributed by atoms with Crippen molar-refractivity contribution in [1.29, 1.82) is 0 Å². The first-order chi connectivity index (χ1) is 15.1. The van der Waals surface area contributed by atoms with Crippen molar-refractivity contribution in [3.8, 4) is 17.2 Å². The van der Waals surface area contributed by atoms with Gasteiger partial charge in [-0.05, 0) is 46.5 Å². The van der Waals surface area contributed by atoms with Crippen LogP contribution in [0.1, 0.15) is 23.7 Å². The fourth-order valence-corrected chi connectivity index (χ4v) is 3.46. The average Bonchev–Trinajstić information content (AvgIpc) is 2.81. The molecule has 1 amide bonds. The molecule has 3 aromatic carbocycles. The van der Waals surface area contributed by atoms with Gasteiger partial charge in [0, 0.05) is 12.6 Å². The molecule has 0 fully saturated rings. The standard InChI is InChI=1S/C25H27NO5/c1-29-22-15-17(16-23(30-2)25(22)31-3)11-12-24(28)26-14-13-21(27)20-10-6-8-18-7-4-5-9-19(18)20/h4-12,15-16,21,27H,13-14H2,1-3H3,(H,26,28)/b12-11+. The van der Waals surface area contributed by atoms with E-state index in [1.165, 1.54) is 13.2 Å². The predicted octanol–water partition coefficient (Wildman–Crippen LogP) is 4.12. The Labute approximate surface area is 182 Å². The summed E-state index contributed by atoms with van der Waals surface area (Å²) in [5, 5.41) is 15.5. The second-order valence-electron chi connectivity index (χ2n) is 6.96. The van der Waals surface area contributed by atoms with E-state index >= 15 is 0 Å². The quantitative estimate of drug-likeness (QED) is 0.508. The molecule has 1 atom stereocenters.